The van der Waals surface area contributed by atoms with Gasteiger partial charge in [0.1, 0.15) is 0 Å². The summed E-state index contributed by atoms with van der Waals surface area (Å²) in [5.41, 5.74) is 1.46. The van der Waals surface area contributed by atoms with Crippen molar-refractivity contribution in [2.45, 2.75) is 52.5 Å². The molecule has 0 aromatic carbocycles. The van der Waals surface area contributed by atoms with Crippen LogP contribution in [-0.4, -0.2) is 11.8 Å². The first-order chi connectivity index (χ1) is 5.18. The predicted octanol–water partition coefficient (Wildman–Crippen LogP) is 3.05. The van der Waals surface area contributed by atoms with E-state index < -0.39 is 0 Å². The van der Waals surface area contributed by atoms with Crippen LogP contribution in [0.5, 0.6) is 0 Å². The van der Waals surface area contributed by atoms with Gasteiger partial charge < -0.3 is 0 Å². The van der Waals surface area contributed by atoms with Gasteiger partial charge in [0.2, 0.25) is 0 Å². The van der Waals surface area contributed by atoms with Gasteiger partial charge in [-0.3, -0.25) is 4.99 Å². The predicted molar refractivity (Wildman–Crippen MR) is 50.2 cm³/mol. The second-order valence-corrected chi connectivity index (χ2v) is 4.03. The largest absolute Gasteiger partial charge is 0.291 e. The van der Waals surface area contributed by atoms with Gasteiger partial charge >= 0.3 is 0 Å². The Morgan fingerprint density at radius 2 is 2.27 bits per heavy atom. The van der Waals surface area contributed by atoms with Crippen molar-refractivity contribution in [3.8, 4) is 0 Å². The minimum Gasteiger partial charge on any atom is -0.291 e. The number of rotatable bonds is 2. The summed E-state index contributed by atoms with van der Waals surface area (Å²) in [6.45, 7) is 6.75. The molecule has 11 heavy (non-hydrogen) atoms. The van der Waals surface area contributed by atoms with Gasteiger partial charge in [-0.2, -0.15) is 0 Å². The molecule has 0 aromatic heterocycles. The highest BCUT2D eigenvalue weighted by Crippen LogP contribution is 2.16. The van der Waals surface area contributed by atoms with Gasteiger partial charge in [-0.25, -0.2) is 0 Å². The van der Waals surface area contributed by atoms with Crippen LogP contribution in [0.1, 0.15) is 46.5 Å². The van der Waals surface area contributed by atoms with Crippen LogP contribution in [0, 0.1) is 5.92 Å². The van der Waals surface area contributed by atoms with Gasteiger partial charge in [0.15, 0.2) is 0 Å². The Bertz CT molecular complexity index is 147. The highest BCUT2D eigenvalue weighted by molar-refractivity contribution is 5.85. The highest BCUT2D eigenvalue weighted by Gasteiger charge is 2.11. The molecule has 0 spiro atoms. The Kier molecular flexibility index (Phi) is 3.10. The quantitative estimate of drug-likeness (QED) is 0.578. The molecule has 0 aromatic rings. The smallest absolute Gasteiger partial charge is 0.0470 e. The molecule has 0 bridgehead atoms. The lowest BCUT2D eigenvalue weighted by atomic mass is 9.97. The van der Waals surface area contributed by atoms with Crippen LogP contribution < -0.4 is 0 Å². The molecule has 1 heterocycles. The summed E-state index contributed by atoms with van der Waals surface area (Å²) in [6.07, 6.45) is 5.11. The summed E-state index contributed by atoms with van der Waals surface area (Å²) in [4.78, 5) is 4.64. The van der Waals surface area contributed by atoms with Crippen LogP contribution in [0.25, 0.3) is 0 Å². The average Bonchev–Trinajstić information content (AvgIpc) is 1.85. The third-order valence-electron chi connectivity index (χ3n) is 2.13. The Labute approximate surface area is 69.9 Å². The van der Waals surface area contributed by atoms with Gasteiger partial charge in [-0.1, -0.05) is 13.8 Å². The number of hydrogen-bond acceptors (Lipinski definition) is 1. The van der Waals surface area contributed by atoms with Crippen molar-refractivity contribution >= 4 is 5.71 Å². The van der Waals surface area contributed by atoms with Crippen LogP contribution in [0.2, 0.25) is 0 Å². The molecule has 1 rings (SSSR count). The Morgan fingerprint density at radius 1 is 1.55 bits per heavy atom. The first kappa shape index (κ1) is 8.76. The lowest BCUT2D eigenvalue weighted by Gasteiger charge is -2.18. The van der Waals surface area contributed by atoms with Crippen LogP contribution in [0.4, 0.5) is 0 Å². The lowest BCUT2D eigenvalue weighted by Crippen LogP contribution is -2.14. The zero-order valence-corrected chi connectivity index (χ0v) is 7.93. The maximum Gasteiger partial charge on any atom is 0.0470 e. The molecule has 0 unspecified atom stereocenters. The summed E-state index contributed by atoms with van der Waals surface area (Å²) in [6, 6.07) is 0.595. The number of nitrogens with zero attached hydrogens (tertiary/aromatic N) is 1. The summed E-state index contributed by atoms with van der Waals surface area (Å²) >= 11 is 0. The minimum atomic E-state index is 0.595. The maximum atomic E-state index is 4.64. The summed E-state index contributed by atoms with van der Waals surface area (Å²) in [5, 5.41) is 0. The van der Waals surface area contributed by atoms with Gasteiger partial charge in [-0.05, 0) is 38.5 Å². The Balaban J connectivity index is 2.43. The minimum absolute atomic E-state index is 0.595. The molecule has 0 aliphatic carbocycles. The van der Waals surface area contributed by atoms with Crippen LogP contribution in [-0.2, 0) is 0 Å². The maximum absolute atomic E-state index is 4.64. The van der Waals surface area contributed by atoms with Gasteiger partial charge in [0, 0.05) is 11.8 Å². The fourth-order valence-corrected chi connectivity index (χ4v) is 1.67. The fourth-order valence-electron chi connectivity index (χ4n) is 1.67. The summed E-state index contributed by atoms with van der Waals surface area (Å²) in [5.74, 6) is 0.777. The molecule has 0 amide bonds. The summed E-state index contributed by atoms with van der Waals surface area (Å²) < 4.78 is 0. The molecule has 0 fully saturated rings. The van der Waals surface area contributed by atoms with E-state index in [4.69, 9.17) is 0 Å². The van der Waals surface area contributed by atoms with Gasteiger partial charge in [0.25, 0.3) is 0 Å². The van der Waals surface area contributed by atoms with Crippen LogP contribution in [0.3, 0.4) is 0 Å². The molecule has 64 valence electrons. The van der Waals surface area contributed by atoms with E-state index in [1.807, 2.05) is 0 Å². The second-order valence-electron chi connectivity index (χ2n) is 4.03. The van der Waals surface area contributed by atoms with Crippen molar-refractivity contribution in [3.63, 3.8) is 0 Å². The van der Waals surface area contributed by atoms with E-state index in [0.717, 1.165) is 5.92 Å². The molecular weight excluding hydrogens is 134 g/mol. The Morgan fingerprint density at radius 3 is 2.82 bits per heavy atom. The Hall–Kier alpha value is -0.330. The normalized spacial score (nSPS) is 25.5. The zero-order chi connectivity index (χ0) is 8.27. The highest BCUT2D eigenvalue weighted by atomic mass is 14.8. The van der Waals surface area contributed by atoms with Crippen molar-refractivity contribution in [1.82, 2.24) is 0 Å². The molecule has 1 heteroatoms. The van der Waals surface area contributed by atoms with Crippen LogP contribution in [0.15, 0.2) is 4.99 Å². The van der Waals surface area contributed by atoms with Gasteiger partial charge in [-0.15, -0.1) is 0 Å². The number of aliphatic imine (C=N–C) groups is 1. The van der Waals surface area contributed by atoms with E-state index in [1.165, 1.54) is 31.4 Å². The molecule has 1 aliphatic heterocycles. The molecule has 0 saturated heterocycles. The van der Waals surface area contributed by atoms with E-state index in [0.29, 0.717) is 6.04 Å². The topological polar surface area (TPSA) is 12.4 Å². The summed E-state index contributed by atoms with van der Waals surface area (Å²) in [7, 11) is 0. The van der Waals surface area contributed by atoms with E-state index in [1.54, 1.807) is 0 Å². The van der Waals surface area contributed by atoms with E-state index >= 15 is 0 Å². The van der Waals surface area contributed by atoms with E-state index in [-0.39, 0.29) is 0 Å². The molecule has 1 atom stereocenters. The van der Waals surface area contributed by atoms with Crippen LogP contribution >= 0.6 is 0 Å². The lowest BCUT2D eigenvalue weighted by molar-refractivity contribution is 0.584. The van der Waals surface area contributed by atoms with Crippen molar-refractivity contribution < 1.29 is 0 Å². The number of hydrogen-bond donors (Lipinski definition) is 0. The second kappa shape index (κ2) is 3.89. The zero-order valence-electron chi connectivity index (χ0n) is 7.93. The standard InChI is InChI=1S/C10H19N/c1-8(2)7-10-6-4-5-9(3)11-10/h8-9H,4-7H2,1-3H3/t9-/m1/s1. The molecule has 1 nitrogen and oxygen atoms in total. The van der Waals surface area contributed by atoms with E-state index in [2.05, 4.69) is 25.8 Å². The third kappa shape index (κ3) is 3.04. The SMILES string of the molecule is CC(C)CC1=N[C@H](C)CCC1. The molecular formula is C10H19N. The van der Waals surface area contributed by atoms with Crippen molar-refractivity contribution in [2.24, 2.45) is 10.9 Å². The molecule has 0 N–H and O–H groups in total. The molecule has 0 saturated carbocycles. The molecule has 0 radical (unpaired) electrons. The first-order valence-electron chi connectivity index (χ1n) is 4.74. The average molecular weight is 153 g/mol. The first-order valence-corrected chi connectivity index (χ1v) is 4.74. The third-order valence-corrected chi connectivity index (χ3v) is 2.13. The van der Waals surface area contributed by atoms with Crippen molar-refractivity contribution in [1.29, 1.82) is 0 Å². The molecule has 1 aliphatic rings. The van der Waals surface area contributed by atoms with Crippen molar-refractivity contribution in [2.75, 3.05) is 0 Å². The fraction of sp³-hybridized carbons (Fsp3) is 0.900. The van der Waals surface area contributed by atoms with E-state index in [9.17, 15) is 0 Å². The van der Waals surface area contributed by atoms with Crippen molar-refractivity contribution in [3.05, 3.63) is 0 Å². The monoisotopic (exact) mass is 153 g/mol. The van der Waals surface area contributed by atoms with Gasteiger partial charge in [0.05, 0.1) is 0 Å².